The summed E-state index contributed by atoms with van der Waals surface area (Å²) in [4.78, 5) is 6.52. The van der Waals surface area contributed by atoms with Crippen molar-refractivity contribution in [1.82, 2.24) is 9.88 Å². The monoisotopic (exact) mass is 248 g/mol. The van der Waals surface area contributed by atoms with Crippen molar-refractivity contribution in [2.75, 3.05) is 20.3 Å². The van der Waals surface area contributed by atoms with Gasteiger partial charge in [-0.05, 0) is 38.4 Å². The fourth-order valence-electron chi connectivity index (χ4n) is 3.31. The van der Waals surface area contributed by atoms with Crippen LogP contribution in [-0.4, -0.2) is 47.3 Å². The number of aromatic nitrogens is 1. The molecule has 98 valence electrons. The number of hydrogen-bond acceptors (Lipinski definition) is 4. The number of pyridine rings is 1. The molecular formula is C14H20N2O2. The van der Waals surface area contributed by atoms with Gasteiger partial charge in [-0.2, -0.15) is 0 Å². The summed E-state index contributed by atoms with van der Waals surface area (Å²) in [7, 11) is 2.13. The second-order valence-corrected chi connectivity index (χ2v) is 5.64. The molecule has 0 spiro atoms. The minimum absolute atomic E-state index is 0.308. The fourth-order valence-corrected chi connectivity index (χ4v) is 3.31. The molecule has 0 aromatic carbocycles. The van der Waals surface area contributed by atoms with E-state index in [1.54, 1.807) is 6.20 Å². The van der Waals surface area contributed by atoms with Crippen molar-refractivity contribution in [3.05, 3.63) is 29.6 Å². The lowest BCUT2D eigenvalue weighted by Gasteiger charge is -2.50. The summed E-state index contributed by atoms with van der Waals surface area (Å²) in [6.45, 7) is 3.48. The summed E-state index contributed by atoms with van der Waals surface area (Å²) in [5.41, 5.74) is 1.36. The molecule has 3 heterocycles. The smallest absolute Gasteiger partial charge is 0.0945 e. The molecule has 0 amide bonds. The maximum Gasteiger partial charge on any atom is 0.0945 e. The SMILES string of the molecule is Cc1ccncc1C1(O)CC2COCC(C1)N2C. The first kappa shape index (κ1) is 12.1. The van der Waals surface area contributed by atoms with Gasteiger partial charge in [0.15, 0.2) is 0 Å². The van der Waals surface area contributed by atoms with Gasteiger partial charge in [0.05, 0.1) is 18.8 Å². The van der Waals surface area contributed by atoms with Gasteiger partial charge in [0.2, 0.25) is 0 Å². The third-order valence-electron chi connectivity index (χ3n) is 4.46. The second kappa shape index (κ2) is 4.30. The molecule has 1 aromatic heterocycles. The van der Waals surface area contributed by atoms with E-state index in [4.69, 9.17) is 4.74 Å². The molecule has 0 radical (unpaired) electrons. The molecule has 0 aliphatic carbocycles. The van der Waals surface area contributed by atoms with Gasteiger partial charge >= 0.3 is 0 Å². The first-order valence-corrected chi connectivity index (χ1v) is 6.53. The van der Waals surface area contributed by atoms with Crippen LogP contribution in [-0.2, 0) is 10.3 Å². The fraction of sp³-hybridized carbons (Fsp3) is 0.643. The molecule has 2 bridgehead atoms. The van der Waals surface area contributed by atoms with Crippen molar-refractivity contribution >= 4 is 0 Å². The van der Waals surface area contributed by atoms with E-state index in [1.165, 1.54) is 0 Å². The van der Waals surface area contributed by atoms with E-state index in [1.807, 2.05) is 19.2 Å². The van der Waals surface area contributed by atoms with Crippen LogP contribution in [0.5, 0.6) is 0 Å². The summed E-state index contributed by atoms with van der Waals surface area (Å²) >= 11 is 0. The molecule has 3 rings (SSSR count). The highest BCUT2D eigenvalue weighted by atomic mass is 16.5. The van der Waals surface area contributed by atoms with Crippen LogP contribution in [0.4, 0.5) is 0 Å². The topological polar surface area (TPSA) is 45.6 Å². The van der Waals surface area contributed by atoms with E-state index in [0.29, 0.717) is 25.3 Å². The van der Waals surface area contributed by atoms with Crippen LogP contribution in [0, 0.1) is 6.92 Å². The molecule has 4 heteroatoms. The molecule has 2 unspecified atom stereocenters. The first-order chi connectivity index (χ1) is 8.60. The van der Waals surface area contributed by atoms with Crippen LogP contribution in [0.25, 0.3) is 0 Å². The lowest BCUT2D eigenvalue weighted by Crippen LogP contribution is -2.59. The van der Waals surface area contributed by atoms with Gasteiger partial charge in [-0.25, -0.2) is 0 Å². The maximum absolute atomic E-state index is 11.0. The van der Waals surface area contributed by atoms with Crippen LogP contribution >= 0.6 is 0 Å². The Morgan fingerprint density at radius 1 is 1.39 bits per heavy atom. The molecule has 2 atom stereocenters. The van der Waals surface area contributed by atoms with Gasteiger partial charge < -0.3 is 9.84 Å². The number of aliphatic hydroxyl groups is 1. The Hall–Kier alpha value is -0.970. The molecule has 4 nitrogen and oxygen atoms in total. The third-order valence-corrected chi connectivity index (χ3v) is 4.46. The van der Waals surface area contributed by atoms with Gasteiger partial charge in [-0.3, -0.25) is 9.88 Å². The highest BCUT2D eigenvalue weighted by Crippen LogP contribution is 2.40. The second-order valence-electron chi connectivity index (χ2n) is 5.64. The zero-order chi connectivity index (χ0) is 12.8. The molecule has 1 N–H and O–H groups in total. The Labute approximate surface area is 108 Å². The zero-order valence-corrected chi connectivity index (χ0v) is 11.0. The summed E-state index contributed by atoms with van der Waals surface area (Å²) in [6, 6.07) is 2.59. The first-order valence-electron chi connectivity index (χ1n) is 6.53. The number of aryl methyl sites for hydroxylation is 1. The zero-order valence-electron chi connectivity index (χ0n) is 11.0. The number of ether oxygens (including phenoxy) is 1. The molecule has 0 saturated carbocycles. The number of piperidine rings is 1. The molecular weight excluding hydrogens is 228 g/mol. The van der Waals surface area contributed by atoms with Crippen LogP contribution in [0.1, 0.15) is 24.0 Å². The number of rotatable bonds is 1. The lowest BCUT2D eigenvalue weighted by molar-refractivity contribution is -0.138. The standard InChI is InChI=1S/C14H20N2O2/c1-10-3-4-15-7-13(10)14(17)5-11-8-18-9-12(6-14)16(11)2/h3-4,7,11-12,17H,5-6,8-9H2,1-2H3. The van der Waals surface area contributed by atoms with Crippen molar-refractivity contribution in [1.29, 1.82) is 0 Å². The van der Waals surface area contributed by atoms with Crippen molar-refractivity contribution < 1.29 is 9.84 Å². The Morgan fingerprint density at radius 2 is 2.06 bits per heavy atom. The van der Waals surface area contributed by atoms with Gasteiger partial charge in [0.25, 0.3) is 0 Å². The molecule has 2 aliphatic rings. The quantitative estimate of drug-likeness (QED) is 0.807. The molecule has 2 aliphatic heterocycles. The molecule has 1 aromatic rings. The van der Waals surface area contributed by atoms with Crippen LogP contribution in [0.15, 0.2) is 18.5 Å². The highest BCUT2D eigenvalue weighted by Gasteiger charge is 2.46. The Morgan fingerprint density at radius 3 is 2.67 bits per heavy atom. The van der Waals surface area contributed by atoms with Gasteiger partial charge in [-0.15, -0.1) is 0 Å². The van der Waals surface area contributed by atoms with Crippen molar-refractivity contribution in [3.63, 3.8) is 0 Å². The minimum Gasteiger partial charge on any atom is -0.385 e. The molecule has 2 fully saturated rings. The van der Waals surface area contributed by atoms with E-state index >= 15 is 0 Å². The van der Waals surface area contributed by atoms with Gasteiger partial charge in [0, 0.05) is 30.0 Å². The van der Waals surface area contributed by atoms with Gasteiger partial charge in [-0.1, -0.05) is 0 Å². The number of nitrogens with zero attached hydrogens (tertiary/aromatic N) is 2. The number of hydrogen-bond donors (Lipinski definition) is 1. The third kappa shape index (κ3) is 1.85. The molecule has 2 saturated heterocycles. The summed E-state index contributed by atoms with van der Waals surface area (Å²) < 4.78 is 5.60. The van der Waals surface area contributed by atoms with E-state index in [-0.39, 0.29) is 0 Å². The molecule has 18 heavy (non-hydrogen) atoms. The van der Waals surface area contributed by atoms with Crippen molar-refractivity contribution in [2.24, 2.45) is 0 Å². The Kier molecular flexibility index (Phi) is 2.88. The summed E-state index contributed by atoms with van der Waals surface area (Å²) in [5, 5.41) is 11.0. The van der Waals surface area contributed by atoms with Crippen molar-refractivity contribution in [3.8, 4) is 0 Å². The predicted molar refractivity (Wildman–Crippen MR) is 68.3 cm³/mol. The Bertz CT molecular complexity index is 435. The summed E-state index contributed by atoms with van der Waals surface area (Å²) in [5.74, 6) is 0. The number of morpholine rings is 1. The van der Waals surface area contributed by atoms with Gasteiger partial charge in [0.1, 0.15) is 0 Å². The van der Waals surface area contributed by atoms with E-state index in [2.05, 4.69) is 16.9 Å². The number of fused-ring (bicyclic) bond motifs is 2. The number of likely N-dealkylation sites (N-methyl/N-ethyl adjacent to an activating group) is 1. The minimum atomic E-state index is -0.746. The van der Waals surface area contributed by atoms with E-state index < -0.39 is 5.60 Å². The maximum atomic E-state index is 11.0. The van der Waals surface area contributed by atoms with E-state index in [9.17, 15) is 5.11 Å². The Balaban J connectivity index is 1.94. The highest BCUT2D eigenvalue weighted by molar-refractivity contribution is 5.29. The van der Waals surface area contributed by atoms with E-state index in [0.717, 1.165) is 24.0 Å². The average molecular weight is 248 g/mol. The average Bonchev–Trinajstić information content (AvgIpc) is 2.32. The van der Waals surface area contributed by atoms with Crippen LogP contribution in [0.2, 0.25) is 0 Å². The van der Waals surface area contributed by atoms with Crippen LogP contribution in [0.3, 0.4) is 0 Å². The normalized spacial score (nSPS) is 36.6. The van der Waals surface area contributed by atoms with Crippen LogP contribution < -0.4 is 0 Å². The predicted octanol–water partition coefficient (Wildman–Crippen LogP) is 1.07. The summed E-state index contributed by atoms with van der Waals surface area (Å²) in [6.07, 6.45) is 5.05. The lowest BCUT2D eigenvalue weighted by atomic mass is 9.76. The van der Waals surface area contributed by atoms with Crippen molar-refractivity contribution in [2.45, 2.75) is 37.5 Å². The largest absolute Gasteiger partial charge is 0.385 e.